The summed E-state index contributed by atoms with van der Waals surface area (Å²) < 4.78 is 15.1. The minimum absolute atomic E-state index is 0.238. The molecule has 0 saturated heterocycles. The molecule has 0 unspecified atom stereocenters. The SMILES string of the molecule is Cc1ccc(-n2ccnc2-c2ccc(F)cc2)c(C)c1. The van der Waals surface area contributed by atoms with E-state index in [1.54, 1.807) is 18.3 Å². The van der Waals surface area contributed by atoms with Gasteiger partial charge in [0.25, 0.3) is 0 Å². The second-order valence-corrected chi connectivity index (χ2v) is 4.92. The normalized spacial score (nSPS) is 10.8. The first-order valence-corrected chi connectivity index (χ1v) is 6.52. The predicted molar refractivity (Wildman–Crippen MR) is 78.4 cm³/mol. The van der Waals surface area contributed by atoms with Crippen LogP contribution in [0.3, 0.4) is 0 Å². The number of aryl methyl sites for hydroxylation is 2. The van der Waals surface area contributed by atoms with E-state index in [0.29, 0.717) is 0 Å². The molecule has 2 aromatic carbocycles. The lowest BCUT2D eigenvalue weighted by molar-refractivity contribution is 0.628. The van der Waals surface area contributed by atoms with E-state index in [1.807, 2.05) is 10.8 Å². The fourth-order valence-electron chi connectivity index (χ4n) is 2.39. The van der Waals surface area contributed by atoms with Gasteiger partial charge in [0.1, 0.15) is 11.6 Å². The lowest BCUT2D eigenvalue weighted by atomic mass is 10.1. The number of imidazole rings is 1. The highest BCUT2D eigenvalue weighted by Crippen LogP contribution is 2.24. The lowest BCUT2D eigenvalue weighted by Crippen LogP contribution is -1.99. The van der Waals surface area contributed by atoms with Crippen molar-refractivity contribution in [3.63, 3.8) is 0 Å². The molecule has 0 amide bonds. The maximum atomic E-state index is 13.0. The van der Waals surface area contributed by atoms with Gasteiger partial charge in [0, 0.05) is 23.6 Å². The van der Waals surface area contributed by atoms with Crippen LogP contribution in [0.15, 0.2) is 54.9 Å². The fraction of sp³-hybridized carbons (Fsp3) is 0.118. The predicted octanol–water partition coefficient (Wildman–Crippen LogP) is 4.30. The van der Waals surface area contributed by atoms with Crippen LogP contribution in [-0.2, 0) is 0 Å². The van der Waals surface area contributed by atoms with Crippen LogP contribution in [0.4, 0.5) is 4.39 Å². The molecule has 3 aromatic rings. The standard InChI is InChI=1S/C17H15FN2/c1-12-3-8-16(13(2)11-12)20-10-9-19-17(20)14-4-6-15(18)7-5-14/h3-11H,1-2H3. The average Bonchev–Trinajstić information content (AvgIpc) is 2.88. The summed E-state index contributed by atoms with van der Waals surface area (Å²) in [7, 11) is 0. The molecule has 0 aliphatic heterocycles. The Kier molecular flexibility index (Phi) is 3.11. The van der Waals surface area contributed by atoms with Crippen molar-refractivity contribution in [1.29, 1.82) is 0 Å². The highest BCUT2D eigenvalue weighted by molar-refractivity contribution is 5.59. The summed E-state index contributed by atoms with van der Waals surface area (Å²) >= 11 is 0. The largest absolute Gasteiger partial charge is 0.300 e. The van der Waals surface area contributed by atoms with Crippen LogP contribution in [0.1, 0.15) is 11.1 Å². The molecular formula is C17H15FN2. The first-order valence-electron chi connectivity index (χ1n) is 6.52. The Balaban J connectivity index is 2.12. The van der Waals surface area contributed by atoms with Gasteiger partial charge in [-0.3, -0.25) is 4.57 Å². The molecule has 0 atom stereocenters. The second kappa shape index (κ2) is 4.93. The van der Waals surface area contributed by atoms with Crippen LogP contribution < -0.4 is 0 Å². The van der Waals surface area contributed by atoms with Crippen molar-refractivity contribution in [3.8, 4) is 17.1 Å². The maximum absolute atomic E-state index is 13.0. The van der Waals surface area contributed by atoms with Gasteiger partial charge in [-0.15, -0.1) is 0 Å². The number of nitrogens with zero attached hydrogens (tertiary/aromatic N) is 2. The van der Waals surface area contributed by atoms with Crippen LogP contribution in [0.5, 0.6) is 0 Å². The molecule has 3 rings (SSSR count). The molecule has 0 N–H and O–H groups in total. The Morgan fingerprint density at radius 1 is 1.00 bits per heavy atom. The van der Waals surface area contributed by atoms with Gasteiger partial charge >= 0.3 is 0 Å². The Morgan fingerprint density at radius 2 is 1.75 bits per heavy atom. The highest BCUT2D eigenvalue weighted by Gasteiger charge is 2.09. The van der Waals surface area contributed by atoms with Gasteiger partial charge in [-0.25, -0.2) is 9.37 Å². The number of rotatable bonds is 2. The van der Waals surface area contributed by atoms with E-state index < -0.39 is 0 Å². The molecule has 100 valence electrons. The third-order valence-corrected chi connectivity index (χ3v) is 3.35. The smallest absolute Gasteiger partial charge is 0.144 e. The van der Waals surface area contributed by atoms with Crippen LogP contribution in [-0.4, -0.2) is 9.55 Å². The molecule has 2 nitrogen and oxygen atoms in total. The van der Waals surface area contributed by atoms with E-state index in [0.717, 1.165) is 17.1 Å². The van der Waals surface area contributed by atoms with E-state index in [2.05, 4.69) is 37.0 Å². The molecule has 1 heterocycles. The second-order valence-electron chi connectivity index (χ2n) is 4.92. The molecule has 20 heavy (non-hydrogen) atoms. The van der Waals surface area contributed by atoms with E-state index in [-0.39, 0.29) is 5.82 Å². The zero-order chi connectivity index (χ0) is 14.1. The van der Waals surface area contributed by atoms with E-state index >= 15 is 0 Å². The van der Waals surface area contributed by atoms with Crippen LogP contribution in [0.2, 0.25) is 0 Å². The number of hydrogen-bond acceptors (Lipinski definition) is 1. The Labute approximate surface area is 117 Å². The van der Waals surface area contributed by atoms with Crippen LogP contribution >= 0.6 is 0 Å². The molecule has 1 aromatic heterocycles. The van der Waals surface area contributed by atoms with Crippen LogP contribution in [0, 0.1) is 19.7 Å². The summed E-state index contributed by atoms with van der Waals surface area (Å²) in [6, 6.07) is 12.7. The molecule has 0 spiro atoms. The summed E-state index contributed by atoms with van der Waals surface area (Å²) in [6.07, 6.45) is 3.69. The first-order chi connectivity index (χ1) is 9.65. The fourth-order valence-corrected chi connectivity index (χ4v) is 2.39. The summed E-state index contributed by atoms with van der Waals surface area (Å²) in [4.78, 5) is 4.40. The van der Waals surface area contributed by atoms with Gasteiger partial charge in [-0.1, -0.05) is 17.7 Å². The Bertz CT molecular complexity index is 742. The average molecular weight is 266 g/mol. The van der Waals surface area contributed by atoms with Crippen molar-refractivity contribution in [1.82, 2.24) is 9.55 Å². The molecule has 3 heteroatoms. The monoisotopic (exact) mass is 266 g/mol. The summed E-state index contributed by atoms with van der Waals surface area (Å²) in [5.41, 5.74) is 4.41. The molecular weight excluding hydrogens is 251 g/mol. The summed E-state index contributed by atoms with van der Waals surface area (Å²) in [5.74, 6) is 0.579. The molecule has 0 fully saturated rings. The van der Waals surface area contributed by atoms with Crippen molar-refractivity contribution < 1.29 is 4.39 Å². The van der Waals surface area contributed by atoms with Crippen molar-refractivity contribution in [2.24, 2.45) is 0 Å². The van der Waals surface area contributed by atoms with Gasteiger partial charge in [0.2, 0.25) is 0 Å². The van der Waals surface area contributed by atoms with Gasteiger partial charge in [0.05, 0.1) is 0 Å². The minimum Gasteiger partial charge on any atom is -0.300 e. The maximum Gasteiger partial charge on any atom is 0.144 e. The lowest BCUT2D eigenvalue weighted by Gasteiger charge is -2.11. The van der Waals surface area contributed by atoms with Crippen molar-refractivity contribution in [3.05, 3.63) is 71.8 Å². The molecule has 0 bridgehead atoms. The summed E-state index contributed by atoms with van der Waals surface area (Å²) in [6.45, 7) is 4.16. The van der Waals surface area contributed by atoms with Crippen molar-refractivity contribution in [2.45, 2.75) is 13.8 Å². The van der Waals surface area contributed by atoms with E-state index in [1.165, 1.54) is 23.3 Å². The van der Waals surface area contributed by atoms with Crippen LogP contribution in [0.25, 0.3) is 17.1 Å². The van der Waals surface area contributed by atoms with E-state index in [4.69, 9.17) is 0 Å². The number of halogens is 1. The molecule has 0 aliphatic rings. The van der Waals surface area contributed by atoms with Gasteiger partial charge in [-0.2, -0.15) is 0 Å². The van der Waals surface area contributed by atoms with E-state index in [9.17, 15) is 4.39 Å². The summed E-state index contributed by atoms with van der Waals surface area (Å²) in [5, 5.41) is 0. The number of hydrogen-bond donors (Lipinski definition) is 0. The molecule has 0 saturated carbocycles. The zero-order valence-corrected chi connectivity index (χ0v) is 11.5. The van der Waals surface area contributed by atoms with Gasteiger partial charge in [0.15, 0.2) is 0 Å². The van der Waals surface area contributed by atoms with Gasteiger partial charge in [-0.05, 0) is 49.7 Å². The topological polar surface area (TPSA) is 17.8 Å². The number of aromatic nitrogens is 2. The van der Waals surface area contributed by atoms with Crippen molar-refractivity contribution in [2.75, 3.05) is 0 Å². The third kappa shape index (κ3) is 2.23. The molecule has 0 aliphatic carbocycles. The van der Waals surface area contributed by atoms with Crippen molar-refractivity contribution >= 4 is 0 Å². The zero-order valence-electron chi connectivity index (χ0n) is 11.5. The number of benzene rings is 2. The van der Waals surface area contributed by atoms with Gasteiger partial charge < -0.3 is 0 Å². The highest BCUT2D eigenvalue weighted by atomic mass is 19.1. The minimum atomic E-state index is -0.238. The first kappa shape index (κ1) is 12.6. The molecule has 0 radical (unpaired) electrons. The third-order valence-electron chi connectivity index (χ3n) is 3.35. The Hall–Kier alpha value is -2.42. The quantitative estimate of drug-likeness (QED) is 0.676. The Morgan fingerprint density at radius 3 is 2.45 bits per heavy atom.